The van der Waals surface area contributed by atoms with Crippen LogP contribution >= 0.6 is 0 Å². The van der Waals surface area contributed by atoms with Gasteiger partial charge in [-0.25, -0.2) is 4.98 Å². The Kier molecular flexibility index (Phi) is 18.0. The second kappa shape index (κ2) is 29.5. The molecule has 13 heteroatoms. The van der Waals surface area contributed by atoms with Gasteiger partial charge in [0.05, 0.1) is 33.7 Å². The predicted molar refractivity (Wildman–Crippen MR) is 492 cm³/mol. The molecule has 0 fully saturated rings. The largest absolute Gasteiger partial charge is 0.504 e. The van der Waals surface area contributed by atoms with Crippen LogP contribution in [0, 0.1) is 37.6 Å². The molecule has 21 aromatic rings. The first kappa shape index (κ1) is 74.3. The molecule has 0 unspecified atom stereocenters. The number of fused-ring (bicyclic) bond motifs is 17. The maximum absolute atomic E-state index is 5.30. The molecule has 0 saturated carbocycles. The fourth-order valence-electron chi connectivity index (χ4n) is 19.2. The normalized spacial score (nSPS) is 12.9. The number of nitrogens with zero attached hydrogens (tertiary/aromatic N) is 11. The van der Waals surface area contributed by atoms with Gasteiger partial charge in [-0.05, 0) is 198 Å². The van der Waals surface area contributed by atoms with Crippen LogP contribution in [0.3, 0.4) is 0 Å². The van der Waals surface area contributed by atoms with Crippen LogP contribution in [0.15, 0.2) is 334 Å². The Balaban J connectivity index is 0.000000144. The van der Waals surface area contributed by atoms with Crippen molar-refractivity contribution in [3.63, 3.8) is 0 Å². The van der Waals surface area contributed by atoms with E-state index >= 15 is 0 Å². The van der Waals surface area contributed by atoms with Crippen molar-refractivity contribution in [3.8, 4) is 101 Å². The molecule has 590 valence electrons. The van der Waals surface area contributed by atoms with Gasteiger partial charge in [-0.15, -0.1) is 95.3 Å². The van der Waals surface area contributed by atoms with E-state index in [4.69, 9.17) is 15.0 Å². The molecule has 2 aliphatic heterocycles. The molecule has 122 heavy (non-hydrogen) atoms. The molecule has 16 aromatic carbocycles. The fourth-order valence-corrected chi connectivity index (χ4v) is 19.2. The smallest absolute Gasteiger partial charge is 0.132 e. The van der Waals surface area contributed by atoms with E-state index in [9.17, 15) is 0 Å². The van der Waals surface area contributed by atoms with Gasteiger partial charge in [0.15, 0.2) is 0 Å². The molecule has 2 aliphatic carbocycles. The van der Waals surface area contributed by atoms with Gasteiger partial charge in [0.1, 0.15) is 5.65 Å². The number of anilines is 6. The Bertz CT molecular complexity index is 7860. The van der Waals surface area contributed by atoms with E-state index in [0.29, 0.717) is 0 Å². The zero-order chi connectivity index (χ0) is 79.5. The van der Waals surface area contributed by atoms with Crippen LogP contribution in [0.5, 0.6) is 0 Å². The van der Waals surface area contributed by atoms with Crippen LogP contribution in [0.25, 0.3) is 177 Å². The molecular weight excluding hydrogens is 1850 g/mol. The van der Waals surface area contributed by atoms with Gasteiger partial charge in [0.25, 0.3) is 0 Å². The van der Waals surface area contributed by atoms with Crippen LogP contribution < -0.4 is 19.6 Å². The second-order valence-electron chi connectivity index (χ2n) is 32.0. The Hall–Kier alpha value is -14.0. The summed E-state index contributed by atoms with van der Waals surface area (Å²) in [4.78, 5) is 24.5. The number of hydrogen-bond donors (Lipinski definition) is 0. The summed E-state index contributed by atoms with van der Waals surface area (Å²) in [5, 5.41) is 6.83. The quantitative estimate of drug-likeness (QED) is 0.126. The average Bonchev–Trinajstić information content (AvgIpc) is 1.58. The summed E-state index contributed by atoms with van der Waals surface area (Å²) in [5.41, 5.74) is 38.4. The molecule has 0 saturated heterocycles. The summed E-state index contributed by atoms with van der Waals surface area (Å²) in [6.45, 7) is 4.24. The Labute approximate surface area is 735 Å². The molecule has 11 nitrogen and oxygen atoms in total. The van der Waals surface area contributed by atoms with Crippen LogP contribution in [0.4, 0.5) is 34.1 Å². The van der Waals surface area contributed by atoms with Crippen LogP contribution in [-0.4, -0.2) is 47.3 Å². The van der Waals surface area contributed by atoms with E-state index in [1.165, 1.54) is 88.5 Å². The van der Waals surface area contributed by atoms with Crippen molar-refractivity contribution < 1.29 is 42.1 Å². The molecule has 0 atom stereocenters. The van der Waals surface area contributed by atoms with Crippen molar-refractivity contribution in [2.75, 3.05) is 33.7 Å². The van der Waals surface area contributed by atoms with Crippen LogP contribution in [0.2, 0.25) is 0 Å². The molecule has 0 radical (unpaired) electrons. The molecule has 7 heterocycles. The molecule has 0 bridgehead atoms. The number of pyridine rings is 1. The van der Waals surface area contributed by atoms with Crippen molar-refractivity contribution in [2.24, 2.45) is 14.1 Å². The predicted octanol–water partition coefficient (Wildman–Crippen LogP) is 25.6. The zero-order valence-corrected chi connectivity index (χ0v) is 71.4. The average molecular weight is 1930 g/mol. The van der Waals surface area contributed by atoms with E-state index in [1.54, 1.807) is 0 Å². The number of hydrogen-bond acceptors (Lipinski definition) is 7. The van der Waals surface area contributed by atoms with E-state index in [0.717, 1.165) is 158 Å². The third-order valence-corrected chi connectivity index (χ3v) is 25.0. The van der Waals surface area contributed by atoms with Gasteiger partial charge in [0.2, 0.25) is 0 Å². The van der Waals surface area contributed by atoms with Gasteiger partial charge in [0, 0.05) is 96.3 Å². The van der Waals surface area contributed by atoms with Crippen molar-refractivity contribution in [1.82, 2.24) is 33.2 Å². The number of para-hydroxylation sites is 4. The number of rotatable bonds is 10. The minimum Gasteiger partial charge on any atom is -0.504 e. The van der Waals surface area contributed by atoms with Crippen molar-refractivity contribution >= 4 is 111 Å². The van der Waals surface area contributed by atoms with E-state index in [-0.39, 0.29) is 42.1 Å². The number of imidazole rings is 2. The maximum Gasteiger partial charge on any atom is 0.132 e. The molecule has 0 amide bonds. The minimum absolute atomic E-state index is 0. The number of aryl methyl sites for hydroxylation is 2. The summed E-state index contributed by atoms with van der Waals surface area (Å²) < 4.78 is 8.92. The van der Waals surface area contributed by atoms with Gasteiger partial charge >= 0.3 is 0 Å². The third-order valence-electron chi connectivity index (χ3n) is 25.0. The van der Waals surface area contributed by atoms with Crippen molar-refractivity contribution in [1.29, 1.82) is 0 Å². The minimum atomic E-state index is 0. The van der Waals surface area contributed by atoms with Gasteiger partial charge in [-0.3, -0.25) is 9.97 Å². The molecule has 25 rings (SSSR count). The van der Waals surface area contributed by atoms with Gasteiger partial charge < -0.3 is 37.9 Å². The first-order valence-corrected chi connectivity index (χ1v) is 40.8. The SMILES string of the molecule is CN1[CH-]N(c2[c-]c(-n3c4[c-]c(-c5nc6cc(-c7ccc8c(c7)Cc7ccccc7-8)ccc6n5C)ccc4c4cc(-c5cccc6ccccc56)cnc43)ccc2)c2ccccc21.CN1[CH-]N(c2[c-]c(-n3c4[c-]c(-c5nc6ccc(-c7ccc8c(c7)Cc7ccccc7-8)cc6n5C)ccc4c4cc(-c5ccccc5)ccc43)ccc2)c2ccccc21.[Pt].[Pt]. The first-order chi connectivity index (χ1) is 59.1. The van der Waals surface area contributed by atoms with Gasteiger partial charge in [-0.1, -0.05) is 234 Å². The summed E-state index contributed by atoms with van der Waals surface area (Å²) in [6, 6.07) is 133. The van der Waals surface area contributed by atoms with Crippen molar-refractivity contribution in [2.45, 2.75) is 12.8 Å². The molecule has 4 aliphatic rings. The van der Waals surface area contributed by atoms with Crippen LogP contribution in [0.1, 0.15) is 22.3 Å². The Morgan fingerprint density at radius 2 is 0.762 bits per heavy atom. The summed E-state index contributed by atoms with van der Waals surface area (Å²) >= 11 is 0. The molecule has 0 N–H and O–H groups in total. The summed E-state index contributed by atoms with van der Waals surface area (Å²) in [6.07, 6.45) is 3.95. The third kappa shape index (κ3) is 12.1. The molecule has 0 spiro atoms. The molecular formula is C109H73N11Pt2-6. The maximum atomic E-state index is 5.30. The van der Waals surface area contributed by atoms with E-state index < -0.39 is 0 Å². The number of benzene rings is 16. The van der Waals surface area contributed by atoms with E-state index in [2.05, 4.69) is 431 Å². The topological polar surface area (TPSA) is 71.4 Å². The molecule has 5 aromatic heterocycles. The monoisotopic (exact) mass is 1930 g/mol. The summed E-state index contributed by atoms with van der Waals surface area (Å²) in [5.74, 6) is 1.73. The van der Waals surface area contributed by atoms with Gasteiger partial charge in [-0.2, -0.15) is 25.5 Å². The first-order valence-electron chi connectivity index (χ1n) is 40.8. The summed E-state index contributed by atoms with van der Waals surface area (Å²) in [7, 11) is 8.38. The Morgan fingerprint density at radius 3 is 1.42 bits per heavy atom. The standard InChI is InChI=1S/C56H37N6.C53H36N5.2Pt/c1-59-34-61(53-20-8-7-19-52(53)59)42-14-10-15-43(32-42)62-54-31-39(22-25-48(54)49-29-41(33-57-56(49)62)46-18-9-13-35-11-3-5-16-44(35)46)55-58-50-30-37(23-26-51(50)60(55)2)36-21-24-47-40(27-36)28-38-12-4-6-17-45(38)47;1-55-33-57(50-18-9-8-17-49(50)55)41-14-10-15-42(32-41)58-48-26-22-36(34-11-4-3-5-12-34)29-46(48)45-24-20-39(31-51(45)58)53-54-47-25-21-37(30-52(47)56(53)2)35-19-23-44-40(27-35)28-38-13-6-7-16-43(38)44;;/h3-27,29-30,33-34H,28H2,1-2H3;3-27,29-30,33H,28H2,1-2H3;;/q2*-3;;. The van der Waals surface area contributed by atoms with E-state index in [1.807, 2.05) is 6.20 Å². The number of aromatic nitrogens is 7. The van der Waals surface area contributed by atoms with Crippen molar-refractivity contribution in [3.05, 3.63) is 394 Å². The Morgan fingerprint density at radius 1 is 0.295 bits per heavy atom. The fraction of sp³-hybridized carbons (Fsp3) is 0.0550. The zero-order valence-electron chi connectivity index (χ0n) is 66.9. The second-order valence-corrected chi connectivity index (χ2v) is 32.0. The van der Waals surface area contributed by atoms with Crippen LogP contribution in [-0.2, 0) is 69.1 Å².